The first-order chi connectivity index (χ1) is 4.21. The zero-order valence-corrected chi connectivity index (χ0v) is 5.89. The molecule has 1 aliphatic heterocycles. The summed E-state index contributed by atoms with van der Waals surface area (Å²) in [5.41, 5.74) is 0.286. The Kier molecular flexibility index (Phi) is 0.963. The van der Waals surface area contributed by atoms with Gasteiger partial charge in [-0.05, 0) is 32.1 Å². The van der Waals surface area contributed by atoms with Gasteiger partial charge in [-0.25, -0.2) is 0 Å². The molecule has 0 aromatic heterocycles. The van der Waals surface area contributed by atoms with E-state index in [2.05, 4.69) is 13.8 Å². The van der Waals surface area contributed by atoms with Gasteiger partial charge in [0.05, 0.1) is 11.7 Å². The van der Waals surface area contributed by atoms with Crippen molar-refractivity contribution in [3.8, 4) is 0 Å². The van der Waals surface area contributed by atoms with Crippen molar-refractivity contribution in [1.29, 1.82) is 0 Å². The van der Waals surface area contributed by atoms with Crippen LogP contribution >= 0.6 is 0 Å². The van der Waals surface area contributed by atoms with Crippen LogP contribution in [0, 0.1) is 12.8 Å². The molecule has 3 unspecified atom stereocenters. The summed E-state index contributed by atoms with van der Waals surface area (Å²) >= 11 is 0. The third-order valence-electron chi connectivity index (χ3n) is 2.63. The van der Waals surface area contributed by atoms with Crippen LogP contribution in [0.5, 0.6) is 0 Å². The molecule has 2 fully saturated rings. The Balaban J connectivity index is 2.01. The maximum Gasteiger partial charge on any atom is 0.0920 e. The van der Waals surface area contributed by atoms with Gasteiger partial charge in [0.15, 0.2) is 0 Å². The van der Waals surface area contributed by atoms with Crippen LogP contribution in [0.1, 0.15) is 26.2 Å². The molecule has 1 heteroatoms. The molecule has 0 amide bonds. The Morgan fingerprint density at radius 1 is 1.67 bits per heavy atom. The fourth-order valence-corrected chi connectivity index (χ4v) is 1.72. The average molecular weight is 125 g/mol. The minimum Gasteiger partial charge on any atom is -0.366 e. The minimum absolute atomic E-state index is 0.286. The molecule has 2 rings (SSSR count). The first-order valence-electron chi connectivity index (χ1n) is 3.72. The van der Waals surface area contributed by atoms with Crippen molar-refractivity contribution in [1.82, 2.24) is 0 Å². The standard InChI is InChI=1S/C8H13O/c1-6-3-4-8(2)7(5-6)9-8/h6-7H,1,3-5H2,2H3. The molecule has 2 aliphatic rings. The van der Waals surface area contributed by atoms with Gasteiger partial charge >= 0.3 is 0 Å². The van der Waals surface area contributed by atoms with E-state index in [-0.39, 0.29) is 5.60 Å². The second-order valence-electron chi connectivity index (χ2n) is 3.56. The van der Waals surface area contributed by atoms with E-state index in [1.807, 2.05) is 0 Å². The second-order valence-corrected chi connectivity index (χ2v) is 3.56. The summed E-state index contributed by atoms with van der Waals surface area (Å²) in [7, 11) is 0. The van der Waals surface area contributed by atoms with Crippen LogP contribution < -0.4 is 0 Å². The smallest absolute Gasteiger partial charge is 0.0920 e. The number of hydrogen-bond donors (Lipinski definition) is 0. The maximum absolute atomic E-state index is 5.50. The quantitative estimate of drug-likeness (QED) is 0.449. The van der Waals surface area contributed by atoms with Crippen molar-refractivity contribution >= 4 is 0 Å². The van der Waals surface area contributed by atoms with E-state index in [4.69, 9.17) is 4.74 Å². The van der Waals surface area contributed by atoms with Crippen LogP contribution in [0.2, 0.25) is 0 Å². The Bertz CT molecular complexity index is 133. The summed E-state index contributed by atoms with van der Waals surface area (Å²) < 4.78 is 5.50. The van der Waals surface area contributed by atoms with E-state index in [1.165, 1.54) is 19.3 Å². The Hall–Kier alpha value is -0.0400. The van der Waals surface area contributed by atoms with E-state index in [0.29, 0.717) is 12.0 Å². The molecule has 0 spiro atoms. The number of rotatable bonds is 0. The van der Waals surface area contributed by atoms with Gasteiger partial charge in [-0.2, -0.15) is 0 Å². The molecule has 1 saturated carbocycles. The molecule has 0 aromatic carbocycles. The highest BCUT2D eigenvalue weighted by molar-refractivity contribution is 5.03. The highest BCUT2D eigenvalue weighted by Gasteiger charge is 2.54. The molecule has 1 nitrogen and oxygen atoms in total. The normalized spacial score (nSPS) is 56.7. The zero-order chi connectivity index (χ0) is 6.48. The molecule has 1 aliphatic carbocycles. The fraction of sp³-hybridized carbons (Fsp3) is 0.875. The largest absolute Gasteiger partial charge is 0.366 e. The van der Waals surface area contributed by atoms with Crippen molar-refractivity contribution in [3.63, 3.8) is 0 Å². The van der Waals surface area contributed by atoms with Crippen LogP contribution in [0.25, 0.3) is 0 Å². The molecule has 0 N–H and O–H groups in total. The predicted octanol–water partition coefficient (Wildman–Crippen LogP) is 1.78. The molecule has 1 heterocycles. The maximum atomic E-state index is 5.50. The first kappa shape index (κ1) is 5.72. The molecular formula is C8H13O. The van der Waals surface area contributed by atoms with Gasteiger partial charge < -0.3 is 4.74 Å². The summed E-state index contributed by atoms with van der Waals surface area (Å²) in [5.74, 6) is 0.658. The number of hydrogen-bond acceptors (Lipinski definition) is 1. The minimum atomic E-state index is 0.286. The van der Waals surface area contributed by atoms with Gasteiger partial charge in [-0.1, -0.05) is 6.92 Å². The van der Waals surface area contributed by atoms with E-state index >= 15 is 0 Å². The predicted molar refractivity (Wildman–Crippen MR) is 36.0 cm³/mol. The lowest BCUT2D eigenvalue weighted by atomic mass is 9.84. The molecule has 1 saturated heterocycles. The van der Waals surface area contributed by atoms with Gasteiger partial charge in [-0.3, -0.25) is 0 Å². The lowest BCUT2D eigenvalue weighted by molar-refractivity contribution is 0.303. The van der Waals surface area contributed by atoms with E-state index in [0.717, 1.165) is 0 Å². The van der Waals surface area contributed by atoms with Crippen LogP contribution in [-0.4, -0.2) is 11.7 Å². The molecule has 1 radical (unpaired) electrons. The molecule has 0 aromatic rings. The Morgan fingerprint density at radius 3 is 3.00 bits per heavy atom. The molecule has 9 heavy (non-hydrogen) atoms. The van der Waals surface area contributed by atoms with E-state index in [9.17, 15) is 0 Å². The number of epoxide rings is 1. The van der Waals surface area contributed by atoms with E-state index < -0.39 is 0 Å². The van der Waals surface area contributed by atoms with Gasteiger partial charge in [0, 0.05) is 0 Å². The number of fused-ring (bicyclic) bond motifs is 1. The highest BCUT2D eigenvalue weighted by Crippen LogP contribution is 2.48. The van der Waals surface area contributed by atoms with Crippen molar-refractivity contribution in [2.75, 3.05) is 0 Å². The molecule has 3 atom stereocenters. The van der Waals surface area contributed by atoms with Gasteiger partial charge in [0.2, 0.25) is 0 Å². The second kappa shape index (κ2) is 1.51. The summed E-state index contributed by atoms with van der Waals surface area (Å²) in [4.78, 5) is 0. The van der Waals surface area contributed by atoms with Crippen LogP contribution in [-0.2, 0) is 4.74 Å². The van der Waals surface area contributed by atoms with Crippen molar-refractivity contribution < 1.29 is 4.74 Å². The van der Waals surface area contributed by atoms with Crippen molar-refractivity contribution in [2.45, 2.75) is 37.9 Å². The number of ether oxygens (including phenoxy) is 1. The third kappa shape index (κ3) is 0.787. The Morgan fingerprint density at radius 2 is 2.44 bits per heavy atom. The van der Waals surface area contributed by atoms with E-state index in [1.54, 1.807) is 0 Å². The topological polar surface area (TPSA) is 12.5 Å². The lowest BCUT2D eigenvalue weighted by Crippen LogP contribution is -2.19. The molecular weight excluding hydrogens is 112 g/mol. The zero-order valence-electron chi connectivity index (χ0n) is 5.89. The SMILES string of the molecule is [CH2]C1CCC2(C)OC2C1. The van der Waals surface area contributed by atoms with Crippen LogP contribution in [0.3, 0.4) is 0 Å². The van der Waals surface area contributed by atoms with Crippen LogP contribution in [0.15, 0.2) is 0 Å². The first-order valence-corrected chi connectivity index (χ1v) is 3.72. The fourth-order valence-electron chi connectivity index (χ4n) is 1.72. The highest BCUT2D eigenvalue weighted by atomic mass is 16.6. The third-order valence-corrected chi connectivity index (χ3v) is 2.63. The molecule has 51 valence electrons. The van der Waals surface area contributed by atoms with Crippen molar-refractivity contribution in [2.24, 2.45) is 5.92 Å². The van der Waals surface area contributed by atoms with Crippen LogP contribution in [0.4, 0.5) is 0 Å². The van der Waals surface area contributed by atoms with Gasteiger partial charge in [0.25, 0.3) is 0 Å². The molecule has 0 bridgehead atoms. The lowest BCUT2D eigenvalue weighted by Gasteiger charge is -2.17. The summed E-state index contributed by atoms with van der Waals surface area (Å²) in [5, 5.41) is 0. The monoisotopic (exact) mass is 125 g/mol. The van der Waals surface area contributed by atoms with Gasteiger partial charge in [0.1, 0.15) is 0 Å². The summed E-state index contributed by atoms with van der Waals surface area (Å²) in [6.07, 6.45) is 4.24. The van der Waals surface area contributed by atoms with Crippen molar-refractivity contribution in [3.05, 3.63) is 6.92 Å². The summed E-state index contributed by atoms with van der Waals surface area (Å²) in [6.45, 7) is 6.24. The Labute approximate surface area is 56.4 Å². The summed E-state index contributed by atoms with van der Waals surface area (Å²) in [6, 6.07) is 0. The average Bonchev–Trinajstić information content (AvgIpc) is 2.41. The van der Waals surface area contributed by atoms with Gasteiger partial charge in [-0.15, -0.1) is 0 Å².